The number of nitrogens with one attached hydrogen (secondary N) is 1. The van der Waals surface area contributed by atoms with Gasteiger partial charge < -0.3 is 0 Å². The third-order valence-corrected chi connectivity index (χ3v) is 4.82. The molecule has 1 aromatic heterocycles. The zero-order chi connectivity index (χ0) is 13.5. The Balaban J connectivity index is 1.93. The number of fused-ring (bicyclic) bond motifs is 1. The maximum atomic E-state index is 5.72. The minimum Gasteiger partial charge on any atom is -0.271 e. The average molecular weight is 276 g/mol. The highest BCUT2D eigenvalue weighted by atomic mass is 32.1. The molecular formula is C16H24N2S. The molecule has 1 aromatic carbocycles. The summed E-state index contributed by atoms with van der Waals surface area (Å²) >= 11 is 1.86. The van der Waals surface area contributed by atoms with E-state index in [4.69, 9.17) is 5.84 Å². The van der Waals surface area contributed by atoms with Crippen LogP contribution in [0.2, 0.25) is 0 Å². The van der Waals surface area contributed by atoms with Crippen LogP contribution in [-0.2, 0) is 0 Å². The predicted molar refractivity (Wildman–Crippen MR) is 85.3 cm³/mol. The van der Waals surface area contributed by atoms with Crippen molar-refractivity contribution in [1.82, 2.24) is 5.43 Å². The molecule has 0 radical (unpaired) electrons. The molecule has 3 N–H and O–H groups in total. The molecule has 0 aliphatic carbocycles. The molecule has 0 bridgehead atoms. The van der Waals surface area contributed by atoms with E-state index in [1.165, 1.54) is 47.1 Å². The molecule has 0 aliphatic rings. The van der Waals surface area contributed by atoms with Crippen molar-refractivity contribution >= 4 is 21.4 Å². The molecule has 0 spiro atoms. The minimum absolute atomic E-state index is 0.305. The highest BCUT2D eigenvalue weighted by Gasteiger charge is 2.12. The zero-order valence-corrected chi connectivity index (χ0v) is 12.5. The first-order valence-corrected chi connectivity index (χ1v) is 8.11. The largest absolute Gasteiger partial charge is 0.271 e. The molecule has 1 heterocycles. The molecule has 0 fully saturated rings. The van der Waals surface area contributed by atoms with E-state index < -0.39 is 0 Å². The second-order valence-electron chi connectivity index (χ2n) is 5.11. The van der Waals surface area contributed by atoms with Gasteiger partial charge in [-0.15, -0.1) is 11.3 Å². The van der Waals surface area contributed by atoms with E-state index >= 15 is 0 Å². The van der Waals surface area contributed by atoms with Crippen LogP contribution in [0.4, 0.5) is 0 Å². The van der Waals surface area contributed by atoms with Crippen molar-refractivity contribution in [1.29, 1.82) is 0 Å². The van der Waals surface area contributed by atoms with Gasteiger partial charge in [-0.1, -0.05) is 57.2 Å². The topological polar surface area (TPSA) is 38.0 Å². The van der Waals surface area contributed by atoms with Crippen LogP contribution in [0.25, 0.3) is 10.1 Å². The molecule has 0 aliphatic heterocycles. The third-order valence-electron chi connectivity index (χ3n) is 3.59. The Bertz CT molecular complexity index is 459. The minimum atomic E-state index is 0.305. The van der Waals surface area contributed by atoms with Gasteiger partial charge in [0, 0.05) is 9.58 Å². The van der Waals surface area contributed by atoms with Crippen LogP contribution < -0.4 is 11.3 Å². The first-order chi connectivity index (χ1) is 9.35. The van der Waals surface area contributed by atoms with Crippen molar-refractivity contribution in [2.45, 2.75) is 51.5 Å². The van der Waals surface area contributed by atoms with Gasteiger partial charge in [-0.3, -0.25) is 11.3 Å². The van der Waals surface area contributed by atoms with Gasteiger partial charge in [0.25, 0.3) is 0 Å². The average Bonchev–Trinajstić information content (AvgIpc) is 2.86. The Hall–Kier alpha value is -0.900. The van der Waals surface area contributed by atoms with Crippen molar-refractivity contribution < 1.29 is 0 Å². The van der Waals surface area contributed by atoms with Crippen molar-refractivity contribution in [3.63, 3.8) is 0 Å². The molecule has 0 amide bonds. The maximum absolute atomic E-state index is 5.72. The van der Waals surface area contributed by atoms with Crippen LogP contribution in [0, 0.1) is 0 Å². The molecule has 1 unspecified atom stereocenters. The summed E-state index contributed by atoms with van der Waals surface area (Å²) in [5.41, 5.74) is 2.98. The van der Waals surface area contributed by atoms with Gasteiger partial charge >= 0.3 is 0 Å². The molecule has 0 saturated heterocycles. The molecule has 3 heteroatoms. The van der Waals surface area contributed by atoms with Crippen LogP contribution in [-0.4, -0.2) is 0 Å². The van der Waals surface area contributed by atoms with Gasteiger partial charge in [0.2, 0.25) is 0 Å². The third kappa shape index (κ3) is 4.03. The summed E-state index contributed by atoms with van der Waals surface area (Å²) in [5, 5.41) is 1.33. The van der Waals surface area contributed by atoms with E-state index in [-0.39, 0.29) is 0 Å². The zero-order valence-electron chi connectivity index (χ0n) is 11.7. The fraction of sp³-hybridized carbons (Fsp3) is 0.500. The van der Waals surface area contributed by atoms with Crippen LogP contribution in [0.15, 0.2) is 30.3 Å². The molecular weight excluding hydrogens is 252 g/mol. The lowest BCUT2D eigenvalue weighted by molar-refractivity contribution is 0.485. The van der Waals surface area contributed by atoms with Crippen molar-refractivity contribution in [2.24, 2.45) is 5.84 Å². The first kappa shape index (κ1) is 14.5. The number of thiophene rings is 1. The summed E-state index contributed by atoms with van der Waals surface area (Å²) in [4.78, 5) is 1.36. The highest BCUT2D eigenvalue weighted by molar-refractivity contribution is 7.19. The Labute approximate surface area is 120 Å². The summed E-state index contributed by atoms with van der Waals surface area (Å²) in [6.45, 7) is 2.25. The van der Waals surface area contributed by atoms with E-state index in [0.717, 1.165) is 6.42 Å². The lowest BCUT2D eigenvalue weighted by Gasteiger charge is -2.13. The second kappa shape index (κ2) is 7.63. The Morgan fingerprint density at radius 1 is 1.16 bits per heavy atom. The summed E-state index contributed by atoms with van der Waals surface area (Å²) in [5.74, 6) is 5.72. The molecule has 2 rings (SSSR count). The van der Waals surface area contributed by atoms with Gasteiger partial charge in [0.1, 0.15) is 0 Å². The summed E-state index contributed by atoms with van der Waals surface area (Å²) < 4.78 is 1.35. The summed E-state index contributed by atoms with van der Waals surface area (Å²) in [6, 6.07) is 11.1. The SMILES string of the molecule is CCCCCCCC(NN)c1cc2ccccc2s1. The van der Waals surface area contributed by atoms with E-state index in [0.29, 0.717) is 6.04 Å². The van der Waals surface area contributed by atoms with Crippen molar-refractivity contribution in [3.05, 3.63) is 35.2 Å². The molecule has 2 nitrogen and oxygen atoms in total. The summed E-state index contributed by atoms with van der Waals surface area (Å²) in [7, 11) is 0. The fourth-order valence-electron chi connectivity index (χ4n) is 2.43. The molecule has 0 saturated carbocycles. The Morgan fingerprint density at radius 2 is 1.95 bits per heavy atom. The van der Waals surface area contributed by atoms with Gasteiger partial charge in [-0.25, -0.2) is 0 Å². The molecule has 2 aromatic rings. The van der Waals surface area contributed by atoms with E-state index in [1.807, 2.05) is 11.3 Å². The van der Waals surface area contributed by atoms with Crippen LogP contribution in [0.5, 0.6) is 0 Å². The normalized spacial score (nSPS) is 12.9. The van der Waals surface area contributed by atoms with E-state index in [9.17, 15) is 0 Å². The van der Waals surface area contributed by atoms with Crippen LogP contribution in [0.3, 0.4) is 0 Å². The van der Waals surface area contributed by atoms with Gasteiger partial charge in [0.05, 0.1) is 6.04 Å². The van der Waals surface area contributed by atoms with E-state index in [1.54, 1.807) is 0 Å². The standard InChI is InChI=1S/C16H24N2S/c1-2-3-4-5-6-10-14(18-17)16-12-13-9-7-8-11-15(13)19-16/h7-9,11-12,14,18H,2-6,10,17H2,1H3. The highest BCUT2D eigenvalue weighted by Crippen LogP contribution is 2.31. The quantitative estimate of drug-likeness (QED) is 0.414. The van der Waals surface area contributed by atoms with Crippen molar-refractivity contribution in [3.8, 4) is 0 Å². The lowest BCUT2D eigenvalue weighted by atomic mass is 10.1. The predicted octanol–water partition coefficient (Wildman–Crippen LogP) is 4.77. The number of hydrogen-bond acceptors (Lipinski definition) is 3. The second-order valence-corrected chi connectivity index (χ2v) is 6.22. The number of rotatable bonds is 8. The smallest absolute Gasteiger partial charge is 0.0553 e. The first-order valence-electron chi connectivity index (χ1n) is 7.29. The Morgan fingerprint density at radius 3 is 2.68 bits per heavy atom. The molecule has 1 atom stereocenters. The number of nitrogens with two attached hydrogens (primary N) is 1. The summed E-state index contributed by atoms with van der Waals surface area (Å²) in [6.07, 6.45) is 7.70. The number of hydrogen-bond donors (Lipinski definition) is 2. The van der Waals surface area contributed by atoms with Gasteiger partial charge in [-0.05, 0) is 23.9 Å². The maximum Gasteiger partial charge on any atom is 0.0553 e. The lowest BCUT2D eigenvalue weighted by Crippen LogP contribution is -2.27. The van der Waals surface area contributed by atoms with Crippen LogP contribution >= 0.6 is 11.3 Å². The number of benzene rings is 1. The molecule has 104 valence electrons. The van der Waals surface area contributed by atoms with Crippen LogP contribution in [0.1, 0.15) is 56.4 Å². The number of unbranched alkanes of at least 4 members (excludes halogenated alkanes) is 4. The van der Waals surface area contributed by atoms with Gasteiger partial charge in [0.15, 0.2) is 0 Å². The monoisotopic (exact) mass is 276 g/mol. The fourth-order valence-corrected chi connectivity index (χ4v) is 3.59. The van der Waals surface area contributed by atoms with Crippen molar-refractivity contribution in [2.75, 3.05) is 0 Å². The Kier molecular flexibility index (Phi) is 5.83. The van der Waals surface area contributed by atoms with Gasteiger partial charge in [-0.2, -0.15) is 0 Å². The van der Waals surface area contributed by atoms with E-state index in [2.05, 4.69) is 42.7 Å². The molecule has 19 heavy (non-hydrogen) atoms. The number of hydrazine groups is 1.